The Balaban J connectivity index is 2.58. The van der Waals surface area contributed by atoms with Gasteiger partial charge in [-0.3, -0.25) is 0 Å². The van der Waals surface area contributed by atoms with Crippen molar-refractivity contribution in [3.63, 3.8) is 0 Å². The van der Waals surface area contributed by atoms with Crippen LogP contribution in [-0.2, 0) is 0 Å². The smallest absolute Gasteiger partial charge is 0.230 e. The summed E-state index contributed by atoms with van der Waals surface area (Å²) in [7, 11) is 0. The SMILES string of the molecule is Nc1oncc1-c1ccc(F)cc1O. The van der Waals surface area contributed by atoms with Crippen molar-refractivity contribution in [1.82, 2.24) is 5.16 Å². The molecule has 2 aromatic rings. The van der Waals surface area contributed by atoms with E-state index in [0.717, 1.165) is 6.07 Å². The largest absolute Gasteiger partial charge is 0.507 e. The fourth-order valence-corrected chi connectivity index (χ4v) is 1.18. The highest BCUT2D eigenvalue weighted by molar-refractivity contribution is 5.76. The molecule has 0 radical (unpaired) electrons. The Kier molecular flexibility index (Phi) is 1.85. The van der Waals surface area contributed by atoms with Gasteiger partial charge in [0.05, 0.1) is 11.8 Å². The summed E-state index contributed by atoms with van der Waals surface area (Å²) in [5.74, 6) is -0.618. The zero-order valence-electron chi connectivity index (χ0n) is 7.07. The summed E-state index contributed by atoms with van der Waals surface area (Å²) in [4.78, 5) is 0. The number of rotatable bonds is 1. The fourth-order valence-electron chi connectivity index (χ4n) is 1.18. The number of aromatic nitrogens is 1. The molecule has 0 spiro atoms. The Labute approximate surface area is 78.8 Å². The Bertz CT molecular complexity index is 468. The summed E-state index contributed by atoms with van der Waals surface area (Å²) in [5.41, 5.74) is 6.29. The van der Waals surface area contributed by atoms with Gasteiger partial charge in [0.15, 0.2) is 0 Å². The van der Waals surface area contributed by atoms with Gasteiger partial charge in [-0.2, -0.15) is 0 Å². The van der Waals surface area contributed by atoms with Crippen LogP contribution in [-0.4, -0.2) is 10.3 Å². The summed E-state index contributed by atoms with van der Waals surface area (Å²) in [6, 6.07) is 3.64. The topological polar surface area (TPSA) is 72.3 Å². The van der Waals surface area contributed by atoms with Crippen molar-refractivity contribution in [3.8, 4) is 16.9 Å². The molecule has 0 aliphatic heterocycles. The third-order valence-corrected chi connectivity index (χ3v) is 1.85. The number of nitrogen functional groups attached to an aromatic ring is 1. The molecule has 0 aliphatic rings. The van der Waals surface area contributed by atoms with E-state index in [0.29, 0.717) is 11.1 Å². The maximum Gasteiger partial charge on any atom is 0.230 e. The van der Waals surface area contributed by atoms with Crippen molar-refractivity contribution in [1.29, 1.82) is 0 Å². The number of phenols is 1. The van der Waals surface area contributed by atoms with Crippen molar-refractivity contribution in [2.75, 3.05) is 5.73 Å². The van der Waals surface area contributed by atoms with Gasteiger partial charge in [0, 0.05) is 11.6 Å². The van der Waals surface area contributed by atoms with Gasteiger partial charge in [0.1, 0.15) is 11.6 Å². The minimum absolute atomic E-state index is 0.0897. The Morgan fingerprint density at radius 3 is 2.71 bits per heavy atom. The van der Waals surface area contributed by atoms with Crippen molar-refractivity contribution < 1.29 is 14.0 Å². The van der Waals surface area contributed by atoms with Crippen LogP contribution < -0.4 is 5.73 Å². The number of nitrogens with zero attached hydrogens (tertiary/aromatic N) is 1. The number of halogens is 1. The van der Waals surface area contributed by atoms with Gasteiger partial charge in [0.25, 0.3) is 0 Å². The second-order valence-electron chi connectivity index (χ2n) is 2.77. The van der Waals surface area contributed by atoms with Gasteiger partial charge >= 0.3 is 0 Å². The Morgan fingerprint density at radius 1 is 1.36 bits per heavy atom. The molecular weight excluding hydrogens is 187 g/mol. The lowest BCUT2D eigenvalue weighted by Crippen LogP contribution is -1.85. The second-order valence-corrected chi connectivity index (χ2v) is 2.77. The molecular formula is C9H7FN2O2. The molecule has 0 fully saturated rings. The lowest BCUT2D eigenvalue weighted by atomic mass is 10.1. The highest BCUT2D eigenvalue weighted by Crippen LogP contribution is 2.32. The average Bonchev–Trinajstić information content (AvgIpc) is 2.52. The first kappa shape index (κ1) is 8.55. The standard InChI is InChI=1S/C9H7FN2O2/c10-5-1-2-6(8(13)3-5)7-4-12-14-9(7)11/h1-4,13H,11H2. The summed E-state index contributed by atoms with van der Waals surface area (Å²) in [6.07, 6.45) is 1.36. The van der Waals surface area contributed by atoms with Crippen LogP contribution in [0.15, 0.2) is 28.9 Å². The number of phenolic OH excluding ortho intramolecular Hbond substituents is 1. The molecule has 0 atom stereocenters. The minimum atomic E-state index is -0.513. The van der Waals surface area contributed by atoms with Crippen LogP contribution in [0.25, 0.3) is 11.1 Å². The van der Waals surface area contributed by atoms with Gasteiger partial charge in [-0.1, -0.05) is 5.16 Å². The predicted molar refractivity (Wildman–Crippen MR) is 48.0 cm³/mol. The third-order valence-electron chi connectivity index (χ3n) is 1.85. The normalized spacial score (nSPS) is 10.4. The summed E-state index contributed by atoms with van der Waals surface area (Å²) in [6.45, 7) is 0. The molecule has 72 valence electrons. The van der Waals surface area contributed by atoms with E-state index in [1.54, 1.807) is 0 Å². The zero-order valence-corrected chi connectivity index (χ0v) is 7.07. The molecule has 4 nitrogen and oxygen atoms in total. The van der Waals surface area contributed by atoms with Crippen LogP contribution in [0.3, 0.4) is 0 Å². The predicted octanol–water partition coefficient (Wildman–Crippen LogP) is 1.77. The first-order valence-corrected chi connectivity index (χ1v) is 3.87. The molecule has 1 heterocycles. The maximum absolute atomic E-state index is 12.7. The molecule has 14 heavy (non-hydrogen) atoms. The molecule has 0 bridgehead atoms. The van der Waals surface area contributed by atoms with E-state index in [1.807, 2.05) is 0 Å². The van der Waals surface area contributed by atoms with E-state index < -0.39 is 5.82 Å². The molecule has 0 unspecified atom stereocenters. The molecule has 1 aromatic carbocycles. The van der Waals surface area contributed by atoms with Crippen LogP contribution in [0, 0.1) is 5.82 Å². The van der Waals surface area contributed by atoms with Gasteiger partial charge < -0.3 is 15.4 Å². The lowest BCUT2D eigenvalue weighted by molar-refractivity contribution is 0.436. The van der Waals surface area contributed by atoms with Gasteiger partial charge in [-0.05, 0) is 12.1 Å². The van der Waals surface area contributed by atoms with Crippen LogP contribution >= 0.6 is 0 Å². The summed E-state index contributed by atoms with van der Waals surface area (Å²) in [5, 5.41) is 12.9. The summed E-state index contributed by atoms with van der Waals surface area (Å²) < 4.78 is 17.3. The van der Waals surface area contributed by atoms with Crippen molar-refractivity contribution in [2.45, 2.75) is 0 Å². The number of hydrogen-bond donors (Lipinski definition) is 2. The first-order valence-electron chi connectivity index (χ1n) is 3.87. The molecule has 0 saturated heterocycles. The summed E-state index contributed by atoms with van der Waals surface area (Å²) >= 11 is 0. The second kappa shape index (κ2) is 3.02. The molecule has 0 aliphatic carbocycles. The van der Waals surface area contributed by atoms with E-state index in [9.17, 15) is 9.50 Å². The van der Waals surface area contributed by atoms with Crippen molar-refractivity contribution >= 4 is 5.88 Å². The number of benzene rings is 1. The molecule has 2 rings (SSSR count). The van der Waals surface area contributed by atoms with E-state index >= 15 is 0 Å². The molecule has 5 heteroatoms. The Hall–Kier alpha value is -2.04. The highest BCUT2D eigenvalue weighted by Gasteiger charge is 2.11. The lowest BCUT2D eigenvalue weighted by Gasteiger charge is -2.01. The zero-order chi connectivity index (χ0) is 10.1. The molecule has 0 saturated carbocycles. The van der Waals surface area contributed by atoms with Crippen LogP contribution in [0.1, 0.15) is 0 Å². The number of hydrogen-bond acceptors (Lipinski definition) is 4. The Morgan fingerprint density at radius 2 is 2.14 bits per heavy atom. The molecule has 3 N–H and O–H groups in total. The number of nitrogens with two attached hydrogens (primary N) is 1. The van der Waals surface area contributed by atoms with E-state index in [1.165, 1.54) is 18.3 Å². The highest BCUT2D eigenvalue weighted by atomic mass is 19.1. The first-order chi connectivity index (χ1) is 6.68. The average molecular weight is 194 g/mol. The minimum Gasteiger partial charge on any atom is -0.507 e. The number of aromatic hydroxyl groups is 1. The molecule has 1 aromatic heterocycles. The quantitative estimate of drug-likeness (QED) is 0.725. The monoisotopic (exact) mass is 194 g/mol. The maximum atomic E-state index is 12.7. The van der Waals surface area contributed by atoms with Crippen molar-refractivity contribution in [2.24, 2.45) is 0 Å². The van der Waals surface area contributed by atoms with Gasteiger partial charge in [-0.15, -0.1) is 0 Å². The van der Waals surface area contributed by atoms with Crippen molar-refractivity contribution in [3.05, 3.63) is 30.2 Å². The van der Waals surface area contributed by atoms with Gasteiger partial charge in [0.2, 0.25) is 5.88 Å². The van der Waals surface area contributed by atoms with E-state index in [4.69, 9.17) is 5.73 Å². The third kappa shape index (κ3) is 1.28. The number of anilines is 1. The van der Waals surface area contributed by atoms with Crippen LogP contribution in [0.4, 0.5) is 10.3 Å². The molecule has 0 amide bonds. The van der Waals surface area contributed by atoms with Crippen LogP contribution in [0.2, 0.25) is 0 Å². The van der Waals surface area contributed by atoms with Crippen LogP contribution in [0.5, 0.6) is 5.75 Å². The van der Waals surface area contributed by atoms with E-state index in [-0.39, 0.29) is 11.6 Å². The van der Waals surface area contributed by atoms with Gasteiger partial charge in [-0.25, -0.2) is 4.39 Å². The fraction of sp³-hybridized carbons (Fsp3) is 0. The van der Waals surface area contributed by atoms with E-state index in [2.05, 4.69) is 9.68 Å².